The van der Waals surface area contributed by atoms with Gasteiger partial charge in [0.2, 0.25) is 0 Å². The minimum Gasteiger partial charge on any atom is -0.311 e. The van der Waals surface area contributed by atoms with Gasteiger partial charge in [-0.25, -0.2) is 0 Å². The van der Waals surface area contributed by atoms with Crippen LogP contribution >= 0.6 is 0 Å². The third-order valence-electron chi connectivity index (χ3n) is 15.9. The molecule has 5 aliphatic carbocycles. The number of benzene rings is 9. The molecular formula is C64H51N. The summed E-state index contributed by atoms with van der Waals surface area (Å²) in [6.45, 7) is 0. The van der Waals surface area contributed by atoms with Crippen molar-refractivity contribution < 1.29 is 0 Å². The first kappa shape index (κ1) is 38.3. The van der Waals surface area contributed by atoms with Crippen molar-refractivity contribution >= 4 is 17.1 Å². The van der Waals surface area contributed by atoms with E-state index in [1.165, 1.54) is 98.9 Å². The number of nitrogens with zero attached hydrogens (tertiary/aromatic N) is 1. The molecule has 0 radical (unpaired) electrons. The van der Waals surface area contributed by atoms with Gasteiger partial charge in [-0.05, 0) is 176 Å². The Labute approximate surface area is 383 Å². The summed E-state index contributed by atoms with van der Waals surface area (Å²) in [7, 11) is 0. The second-order valence-corrected chi connectivity index (χ2v) is 19.3. The van der Waals surface area contributed by atoms with Crippen LogP contribution in [0, 0.1) is 23.7 Å². The molecule has 4 fully saturated rings. The van der Waals surface area contributed by atoms with E-state index in [1.807, 2.05) is 0 Å². The highest BCUT2D eigenvalue weighted by molar-refractivity contribution is 5.90. The van der Waals surface area contributed by atoms with E-state index in [-0.39, 0.29) is 5.41 Å². The van der Waals surface area contributed by atoms with Crippen LogP contribution in [0.15, 0.2) is 224 Å². The lowest BCUT2D eigenvalue weighted by atomic mass is 9.43. The van der Waals surface area contributed by atoms with Crippen LogP contribution in [-0.4, -0.2) is 0 Å². The third kappa shape index (κ3) is 6.35. The zero-order chi connectivity index (χ0) is 42.9. The van der Waals surface area contributed by atoms with E-state index in [1.54, 1.807) is 11.1 Å². The second kappa shape index (κ2) is 15.5. The molecule has 1 nitrogen and oxygen atoms in total. The van der Waals surface area contributed by atoms with Crippen molar-refractivity contribution in [3.63, 3.8) is 0 Å². The Hall–Kier alpha value is -7.22. The Morgan fingerprint density at radius 2 is 0.631 bits per heavy atom. The van der Waals surface area contributed by atoms with Crippen LogP contribution in [0.3, 0.4) is 0 Å². The number of hydrogen-bond donors (Lipinski definition) is 0. The highest BCUT2D eigenvalue weighted by atomic mass is 15.1. The van der Waals surface area contributed by atoms with Crippen LogP contribution in [0.2, 0.25) is 0 Å². The van der Waals surface area contributed by atoms with E-state index in [9.17, 15) is 0 Å². The molecule has 0 atom stereocenters. The fourth-order valence-corrected chi connectivity index (χ4v) is 13.3. The predicted octanol–water partition coefficient (Wildman–Crippen LogP) is 17.2. The lowest BCUT2D eigenvalue weighted by Gasteiger charge is -2.61. The maximum absolute atomic E-state index is 2.55. The van der Waals surface area contributed by atoms with Gasteiger partial charge in [-0.3, -0.25) is 0 Å². The van der Waals surface area contributed by atoms with Crippen molar-refractivity contribution in [3.8, 4) is 66.8 Å². The summed E-state index contributed by atoms with van der Waals surface area (Å²) < 4.78 is 0. The molecule has 1 heteroatoms. The SMILES string of the molecule is c1ccc(-c2ccc(N(c3ccc(-c4ccccc4)cc3)c3ccc(-c4ccc(-c5ccccc5-c5ccc6c(c5)-c5ccccc5C65C6CC7CC(C6)CC5C7)cc4)cc3)cc2)cc1. The summed E-state index contributed by atoms with van der Waals surface area (Å²) in [6.07, 6.45) is 7.14. The lowest BCUT2D eigenvalue weighted by Crippen LogP contribution is -2.55. The molecule has 1 spiro atoms. The van der Waals surface area contributed by atoms with Crippen molar-refractivity contribution in [2.45, 2.75) is 37.5 Å². The summed E-state index contributed by atoms with van der Waals surface area (Å²) in [5, 5.41) is 0. The zero-order valence-electron chi connectivity index (χ0n) is 36.7. The Bertz CT molecular complexity index is 3050. The minimum atomic E-state index is 0.200. The first-order valence-electron chi connectivity index (χ1n) is 23.8. The van der Waals surface area contributed by atoms with Crippen LogP contribution in [0.25, 0.3) is 66.8 Å². The minimum absolute atomic E-state index is 0.200. The summed E-state index contributed by atoms with van der Waals surface area (Å²) in [4.78, 5) is 2.35. The van der Waals surface area contributed by atoms with Crippen molar-refractivity contribution in [2.75, 3.05) is 4.90 Å². The van der Waals surface area contributed by atoms with Gasteiger partial charge >= 0.3 is 0 Å². The summed E-state index contributed by atoms with van der Waals surface area (Å²) in [6, 6.07) is 83.3. The standard InChI is InChI=1S/C64H51N/c1-3-11-45(12-4-1)48-23-30-55(31-24-48)65(56-32-25-49(26-33-56)46-13-5-2-6-14-46)57-34-27-50(28-35-57)47-19-21-51(22-20-47)58-15-7-8-16-59(58)52-29-36-63-61(42-52)60-17-9-10-18-62(60)64(63)53-38-43-37-44(40-53)41-54(64)39-43/h1-36,42-44,53-54H,37-41H2. The quantitative estimate of drug-likeness (QED) is 0.147. The molecule has 0 N–H and O–H groups in total. The topological polar surface area (TPSA) is 3.24 Å². The largest absolute Gasteiger partial charge is 0.311 e. The van der Waals surface area contributed by atoms with Gasteiger partial charge in [0.25, 0.3) is 0 Å². The van der Waals surface area contributed by atoms with Crippen LogP contribution in [-0.2, 0) is 5.41 Å². The predicted molar refractivity (Wildman–Crippen MR) is 272 cm³/mol. The molecule has 9 aromatic rings. The second-order valence-electron chi connectivity index (χ2n) is 19.3. The van der Waals surface area contributed by atoms with E-state index in [0.29, 0.717) is 0 Å². The van der Waals surface area contributed by atoms with Gasteiger partial charge in [-0.15, -0.1) is 0 Å². The molecule has 0 aliphatic heterocycles. The number of fused-ring (bicyclic) bond motifs is 3. The van der Waals surface area contributed by atoms with Gasteiger partial charge in [0.15, 0.2) is 0 Å². The monoisotopic (exact) mass is 833 g/mol. The molecule has 14 rings (SSSR count). The normalized spacial score (nSPS) is 21.0. The average molecular weight is 834 g/mol. The Kier molecular flexibility index (Phi) is 9.12. The molecule has 0 aromatic heterocycles. The van der Waals surface area contributed by atoms with E-state index < -0.39 is 0 Å². The van der Waals surface area contributed by atoms with Crippen LogP contribution in [0.5, 0.6) is 0 Å². The Morgan fingerprint density at radius 1 is 0.277 bits per heavy atom. The molecule has 9 aromatic carbocycles. The molecule has 65 heavy (non-hydrogen) atoms. The smallest absolute Gasteiger partial charge is 0.0462 e. The van der Waals surface area contributed by atoms with Crippen molar-refractivity contribution in [1.82, 2.24) is 0 Å². The maximum atomic E-state index is 2.55. The fourth-order valence-electron chi connectivity index (χ4n) is 13.3. The zero-order valence-corrected chi connectivity index (χ0v) is 36.7. The molecular weight excluding hydrogens is 783 g/mol. The summed E-state index contributed by atoms with van der Waals surface area (Å²) in [5.74, 6) is 3.46. The van der Waals surface area contributed by atoms with Gasteiger partial charge in [-0.2, -0.15) is 0 Å². The Morgan fingerprint density at radius 3 is 1.12 bits per heavy atom. The number of anilines is 3. The van der Waals surface area contributed by atoms with Crippen LogP contribution in [0.4, 0.5) is 17.1 Å². The van der Waals surface area contributed by atoms with Crippen LogP contribution in [0.1, 0.15) is 43.2 Å². The highest BCUT2D eigenvalue weighted by Gasteiger charge is 2.61. The van der Waals surface area contributed by atoms with Crippen LogP contribution < -0.4 is 4.90 Å². The summed E-state index contributed by atoms with van der Waals surface area (Å²) in [5.41, 5.74) is 22.1. The third-order valence-corrected chi connectivity index (χ3v) is 15.9. The molecule has 0 saturated heterocycles. The van der Waals surface area contributed by atoms with Crippen molar-refractivity contribution in [1.29, 1.82) is 0 Å². The van der Waals surface area contributed by atoms with Gasteiger partial charge in [0.05, 0.1) is 0 Å². The van der Waals surface area contributed by atoms with E-state index in [4.69, 9.17) is 0 Å². The molecule has 312 valence electrons. The first-order valence-corrected chi connectivity index (χ1v) is 23.8. The van der Waals surface area contributed by atoms with Crippen molar-refractivity contribution in [2.24, 2.45) is 23.7 Å². The molecule has 4 saturated carbocycles. The van der Waals surface area contributed by atoms with Gasteiger partial charge in [0, 0.05) is 22.5 Å². The summed E-state index contributed by atoms with van der Waals surface area (Å²) >= 11 is 0. The molecule has 4 bridgehead atoms. The highest BCUT2D eigenvalue weighted by Crippen LogP contribution is 2.69. The average Bonchev–Trinajstić information content (AvgIpc) is 3.67. The molecule has 0 amide bonds. The van der Waals surface area contributed by atoms with Gasteiger partial charge in [0.1, 0.15) is 0 Å². The maximum Gasteiger partial charge on any atom is 0.0462 e. The molecule has 0 unspecified atom stereocenters. The first-order chi connectivity index (χ1) is 32.2. The number of hydrogen-bond acceptors (Lipinski definition) is 1. The molecule has 0 heterocycles. The van der Waals surface area contributed by atoms with Gasteiger partial charge < -0.3 is 4.90 Å². The number of rotatable bonds is 8. The lowest BCUT2D eigenvalue weighted by molar-refractivity contribution is -0.0399. The Balaban J connectivity index is 0.805. The van der Waals surface area contributed by atoms with Gasteiger partial charge in [-0.1, -0.05) is 182 Å². The van der Waals surface area contributed by atoms with E-state index in [0.717, 1.165) is 40.7 Å². The van der Waals surface area contributed by atoms with E-state index in [2.05, 4.69) is 229 Å². The molecule has 5 aliphatic rings. The van der Waals surface area contributed by atoms with E-state index >= 15 is 0 Å². The van der Waals surface area contributed by atoms with Crippen molar-refractivity contribution in [3.05, 3.63) is 236 Å². The fraction of sp³-hybridized carbons (Fsp3) is 0.156.